The monoisotopic (exact) mass is 183 g/mol. The molecular formula is C10H17NO2. The molecule has 0 bridgehead atoms. The predicted octanol–water partition coefficient (Wildman–Crippen LogP) is 1.70. The lowest BCUT2D eigenvalue weighted by Gasteiger charge is -2.18. The highest BCUT2D eigenvalue weighted by Gasteiger charge is 2.12. The summed E-state index contributed by atoms with van der Waals surface area (Å²) < 4.78 is 5.24. The number of nitrogens with one attached hydrogen (secondary N) is 1. The maximum absolute atomic E-state index is 8.98. The van der Waals surface area contributed by atoms with E-state index in [0.29, 0.717) is 0 Å². The van der Waals surface area contributed by atoms with E-state index >= 15 is 0 Å². The van der Waals surface area contributed by atoms with E-state index in [1.165, 1.54) is 0 Å². The summed E-state index contributed by atoms with van der Waals surface area (Å²) in [6, 6.07) is 4.11. The summed E-state index contributed by atoms with van der Waals surface area (Å²) in [4.78, 5) is 0. The molecule has 0 aliphatic rings. The van der Waals surface area contributed by atoms with Gasteiger partial charge in [0.15, 0.2) is 0 Å². The first-order valence-corrected chi connectivity index (χ1v) is 4.68. The first-order valence-electron chi connectivity index (χ1n) is 4.68. The Hall–Kier alpha value is -0.800. The van der Waals surface area contributed by atoms with Crippen LogP contribution in [0.5, 0.6) is 0 Å². The number of hydrogen-bond acceptors (Lipinski definition) is 3. The largest absolute Gasteiger partial charge is 0.468 e. The highest BCUT2D eigenvalue weighted by atomic mass is 16.3. The molecule has 2 N–H and O–H groups in total. The molecule has 1 rings (SSSR count). The molecule has 0 saturated heterocycles. The maximum Gasteiger partial charge on any atom is 0.120 e. The lowest BCUT2D eigenvalue weighted by atomic mass is 10.2. The van der Waals surface area contributed by atoms with Gasteiger partial charge in [0.25, 0.3) is 0 Å². The zero-order valence-corrected chi connectivity index (χ0v) is 8.16. The van der Waals surface area contributed by atoms with Crippen LogP contribution in [0, 0.1) is 0 Å². The lowest BCUT2D eigenvalue weighted by molar-refractivity contribution is 0.225. The number of rotatable bonds is 5. The summed E-state index contributed by atoms with van der Waals surface area (Å²) in [6.45, 7) is 4.24. The van der Waals surface area contributed by atoms with Crippen LogP contribution < -0.4 is 5.32 Å². The number of hydrogen-bond donors (Lipinski definition) is 2. The van der Waals surface area contributed by atoms with Crippen molar-refractivity contribution in [2.24, 2.45) is 0 Å². The van der Waals surface area contributed by atoms with Crippen LogP contribution in [-0.2, 0) is 0 Å². The molecule has 0 aromatic carbocycles. The molecular weight excluding hydrogens is 166 g/mol. The van der Waals surface area contributed by atoms with E-state index in [9.17, 15) is 0 Å². The molecule has 1 aromatic heterocycles. The van der Waals surface area contributed by atoms with Crippen LogP contribution in [0.15, 0.2) is 22.8 Å². The molecule has 3 heteroatoms. The molecule has 0 unspecified atom stereocenters. The van der Waals surface area contributed by atoms with Crippen molar-refractivity contribution in [2.45, 2.75) is 32.4 Å². The molecule has 0 fully saturated rings. The number of aliphatic hydroxyl groups excluding tert-OH is 1. The van der Waals surface area contributed by atoms with Crippen molar-refractivity contribution in [3.05, 3.63) is 24.2 Å². The minimum atomic E-state index is 0.153. The molecule has 13 heavy (non-hydrogen) atoms. The Labute approximate surface area is 78.8 Å². The molecule has 3 nitrogen and oxygen atoms in total. The lowest BCUT2D eigenvalue weighted by Crippen LogP contribution is -2.33. The maximum atomic E-state index is 8.98. The Balaban J connectivity index is 2.45. The summed E-state index contributed by atoms with van der Waals surface area (Å²) in [5.74, 6) is 0.909. The van der Waals surface area contributed by atoms with E-state index in [4.69, 9.17) is 9.52 Å². The van der Waals surface area contributed by atoms with Crippen LogP contribution in [0.4, 0.5) is 0 Å². The minimum Gasteiger partial charge on any atom is -0.468 e. The van der Waals surface area contributed by atoms with Gasteiger partial charge in [-0.25, -0.2) is 0 Å². The van der Waals surface area contributed by atoms with Gasteiger partial charge < -0.3 is 14.8 Å². The summed E-state index contributed by atoms with van der Waals surface area (Å²) in [5.41, 5.74) is 0. The van der Waals surface area contributed by atoms with Crippen LogP contribution in [0.1, 0.15) is 32.1 Å². The number of furan rings is 1. The summed E-state index contributed by atoms with van der Waals surface area (Å²) in [7, 11) is 0. The van der Waals surface area contributed by atoms with Gasteiger partial charge in [-0.3, -0.25) is 0 Å². The normalized spacial score (nSPS) is 15.6. The van der Waals surface area contributed by atoms with Crippen LogP contribution >= 0.6 is 0 Å². The van der Waals surface area contributed by atoms with Crippen molar-refractivity contribution >= 4 is 0 Å². The molecule has 0 radical (unpaired) electrons. The third kappa shape index (κ3) is 2.86. The quantitative estimate of drug-likeness (QED) is 0.730. The minimum absolute atomic E-state index is 0.153. The van der Waals surface area contributed by atoms with Crippen molar-refractivity contribution in [3.8, 4) is 0 Å². The van der Waals surface area contributed by atoms with Gasteiger partial charge in [0.2, 0.25) is 0 Å². The standard InChI is InChI=1S/C10H17NO2/c1-3-9(7-12)11-8(2)10-5-4-6-13-10/h4-6,8-9,11-12H,3,7H2,1-2H3/t8-,9-/m1/s1. The third-order valence-electron chi connectivity index (χ3n) is 2.17. The number of aliphatic hydroxyl groups is 1. The van der Waals surface area contributed by atoms with Crippen molar-refractivity contribution in [1.82, 2.24) is 5.32 Å². The fourth-order valence-corrected chi connectivity index (χ4v) is 1.27. The molecule has 2 atom stereocenters. The van der Waals surface area contributed by atoms with Gasteiger partial charge in [-0.15, -0.1) is 0 Å². The summed E-state index contributed by atoms with van der Waals surface area (Å²) >= 11 is 0. The van der Waals surface area contributed by atoms with Crippen LogP contribution in [0.25, 0.3) is 0 Å². The van der Waals surface area contributed by atoms with Gasteiger partial charge in [-0.1, -0.05) is 6.92 Å². The highest BCUT2D eigenvalue weighted by molar-refractivity contribution is 5.03. The van der Waals surface area contributed by atoms with Gasteiger partial charge in [0, 0.05) is 6.04 Å². The van der Waals surface area contributed by atoms with Gasteiger partial charge >= 0.3 is 0 Å². The first kappa shape index (κ1) is 10.3. The Kier molecular flexibility index (Phi) is 3.99. The molecule has 0 aliphatic carbocycles. The van der Waals surface area contributed by atoms with Crippen molar-refractivity contribution in [3.63, 3.8) is 0 Å². The topological polar surface area (TPSA) is 45.4 Å². The Bertz CT molecular complexity index is 217. The highest BCUT2D eigenvalue weighted by Crippen LogP contribution is 2.13. The van der Waals surface area contributed by atoms with Crippen LogP contribution in [0.2, 0.25) is 0 Å². The summed E-state index contributed by atoms with van der Waals surface area (Å²) in [6.07, 6.45) is 2.58. The average molecular weight is 183 g/mol. The molecule has 74 valence electrons. The molecule has 0 aliphatic heterocycles. The average Bonchev–Trinajstić information content (AvgIpc) is 2.66. The van der Waals surface area contributed by atoms with E-state index in [2.05, 4.69) is 5.32 Å². The van der Waals surface area contributed by atoms with Crippen LogP contribution in [-0.4, -0.2) is 17.8 Å². The Morgan fingerprint density at radius 3 is 2.85 bits per heavy atom. The van der Waals surface area contributed by atoms with Crippen molar-refractivity contribution in [2.75, 3.05) is 6.61 Å². The van der Waals surface area contributed by atoms with Crippen molar-refractivity contribution < 1.29 is 9.52 Å². The van der Waals surface area contributed by atoms with Gasteiger partial charge in [0.05, 0.1) is 18.9 Å². The third-order valence-corrected chi connectivity index (χ3v) is 2.17. The molecule has 0 amide bonds. The zero-order valence-electron chi connectivity index (χ0n) is 8.16. The smallest absolute Gasteiger partial charge is 0.120 e. The SMILES string of the molecule is CC[C@H](CO)N[C@H](C)c1ccco1. The second-order valence-corrected chi connectivity index (χ2v) is 3.19. The summed E-state index contributed by atoms with van der Waals surface area (Å²) in [5, 5.41) is 12.3. The van der Waals surface area contributed by atoms with Gasteiger partial charge in [-0.05, 0) is 25.5 Å². The molecule has 1 aromatic rings. The van der Waals surface area contributed by atoms with E-state index in [-0.39, 0.29) is 18.7 Å². The Morgan fingerprint density at radius 1 is 1.62 bits per heavy atom. The Morgan fingerprint density at radius 2 is 2.38 bits per heavy atom. The van der Waals surface area contributed by atoms with E-state index in [1.807, 2.05) is 26.0 Å². The molecule has 1 heterocycles. The zero-order chi connectivity index (χ0) is 9.68. The van der Waals surface area contributed by atoms with Crippen molar-refractivity contribution in [1.29, 1.82) is 0 Å². The first-order chi connectivity index (χ1) is 6.27. The molecule has 0 spiro atoms. The van der Waals surface area contributed by atoms with E-state index < -0.39 is 0 Å². The molecule has 0 saturated carbocycles. The predicted molar refractivity (Wildman–Crippen MR) is 51.4 cm³/mol. The van der Waals surface area contributed by atoms with E-state index in [0.717, 1.165) is 12.2 Å². The second kappa shape index (κ2) is 5.04. The fraction of sp³-hybridized carbons (Fsp3) is 0.600. The van der Waals surface area contributed by atoms with Crippen LogP contribution in [0.3, 0.4) is 0 Å². The fourth-order valence-electron chi connectivity index (χ4n) is 1.27. The van der Waals surface area contributed by atoms with Gasteiger partial charge in [-0.2, -0.15) is 0 Å². The van der Waals surface area contributed by atoms with E-state index in [1.54, 1.807) is 6.26 Å². The van der Waals surface area contributed by atoms with Gasteiger partial charge in [0.1, 0.15) is 5.76 Å². The second-order valence-electron chi connectivity index (χ2n) is 3.19.